The molecule has 112 valence electrons. The fourth-order valence-electron chi connectivity index (χ4n) is 2.56. The quantitative estimate of drug-likeness (QED) is 0.853. The van der Waals surface area contributed by atoms with E-state index in [1.807, 2.05) is 0 Å². The second-order valence-corrected chi connectivity index (χ2v) is 5.04. The predicted molar refractivity (Wildman–Crippen MR) is 65.1 cm³/mol. The van der Waals surface area contributed by atoms with Gasteiger partial charge in [0.1, 0.15) is 6.26 Å². The van der Waals surface area contributed by atoms with E-state index in [4.69, 9.17) is 0 Å². The molecule has 0 saturated heterocycles. The maximum atomic E-state index is 12.4. The summed E-state index contributed by atoms with van der Waals surface area (Å²) in [6.07, 6.45) is 0.448. The van der Waals surface area contributed by atoms with Crippen LogP contribution in [-0.2, 0) is 0 Å². The lowest BCUT2D eigenvalue weighted by Crippen LogP contribution is -2.43. The van der Waals surface area contributed by atoms with Crippen LogP contribution in [0, 0.1) is 0 Å². The average Bonchev–Trinajstić information content (AvgIpc) is 2.92. The Balaban J connectivity index is 2.08. The molecular formula is C13H17F3N2O2. The summed E-state index contributed by atoms with van der Waals surface area (Å²) in [5, 5.41) is 3.53. The Kier molecular flexibility index (Phi) is 4.67. The van der Waals surface area contributed by atoms with Crippen molar-refractivity contribution in [1.82, 2.24) is 10.1 Å². The van der Waals surface area contributed by atoms with Crippen LogP contribution >= 0.6 is 0 Å². The summed E-state index contributed by atoms with van der Waals surface area (Å²) in [5.41, 5.74) is 0.0674. The van der Waals surface area contributed by atoms with Crippen LogP contribution in [0.4, 0.5) is 13.2 Å². The lowest BCUT2D eigenvalue weighted by atomic mass is 9.94. The number of aromatic nitrogens is 1. The van der Waals surface area contributed by atoms with Gasteiger partial charge in [0.05, 0.1) is 6.42 Å². The minimum Gasteiger partial charge on any atom is -0.364 e. The molecule has 0 atom stereocenters. The van der Waals surface area contributed by atoms with E-state index < -0.39 is 18.5 Å². The average molecular weight is 290 g/mol. The molecule has 20 heavy (non-hydrogen) atoms. The van der Waals surface area contributed by atoms with Crippen molar-refractivity contribution >= 4 is 5.91 Å². The predicted octanol–water partition coefficient (Wildman–Crippen LogP) is 3.40. The topological polar surface area (TPSA) is 46.3 Å². The van der Waals surface area contributed by atoms with Crippen molar-refractivity contribution in [3.8, 4) is 0 Å². The molecule has 0 aromatic carbocycles. The molecule has 1 aromatic heterocycles. The molecule has 1 aliphatic carbocycles. The summed E-state index contributed by atoms with van der Waals surface area (Å²) >= 11 is 0. The van der Waals surface area contributed by atoms with Gasteiger partial charge in [0.25, 0.3) is 5.91 Å². The number of halogens is 3. The highest BCUT2D eigenvalue weighted by atomic mass is 19.4. The molecule has 0 radical (unpaired) electrons. The van der Waals surface area contributed by atoms with Crippen molar-refractivity contribution in [3.05, 3.63) is 18.0 Å². The number of hydrogen-bond donors (Lipinski definition) is 0. The van der Waals surface area contributed by atoms with Crippen LogP contribution in [0.5, 0.6) is 0 Å². The number of nitrogens with zero attached hydrogens (tertiary/aromatic N) is 2. The van der Waals surface area contributed by atoms with Crippen LogP contribution in [0.1, 0.15) is 49.0 Å². The molecule has 1 fully saturated rings. The van der Waals surface area contributed by atoms with Gasteiger partial charge in [0, 0.05) is 18.7 Å². The summed E-state index contributed by atoms with van der Waals surface area (Å²) in [4.78, 5) is 13.6. The van der Waals surface area contributed by atoms with E-state index in [2.05, 4.69) is 9.68 Å². The summed E-state index contributed by atoms with van der Waals surface area (Å²) in [7, 11) is 0. The zero-order valence-electron chi connectivity index (χ0n) is 11.0. The van der Waals surface area contributed by atoms with Gasteiger partial charge in [-0.1, -0.05) is 24.4 Å². The molecule has 4 nitrogen and oxygen atoms in total. The van der Waals surface area contributed by atoms with Gasteiger partial charge in [0.2, 0.25) is 0 Å². The first kappa shape index (κ1) is 14.9. The lowest BCUT2D eigenvalue weighted by Gasteiger charge is -2.34. The van der Waals surface area contributed by atoms with Crippen molar-refractivity contribution in [2.75, 3.05) is 6.54 Å². The molecule has 0 N–H and O–H groups in total. The van der Waals surface area contributed by atoms with Crippen LogP contribution in [0.25, 0.3) is 0 Å². The van der Waals surface area contributed by atoms with Crippen molar-refractivity contribution < 1.29 is 22.5 Å². The first-order valence-corrected chi connectivity index (χ1v) is 6.75. The number of carbonyl (C=O) groups is 1. The second kappa shape index (κ2) is 6.28. The second-order valence-electron chi connectivity index (χ2n) is 5.04. The molecule has 0 aliphatic heterocycles. The molecule has 0 spiro atoms. The van der Waals surface area contributed by atoms with Gasteiger partial charge in [-0.2, -0.15) is 13.2 Å². The van der Waals surface area contributed by atoms with Gasteiger partial charge < -0.3 is 9.42 Å². The maximum Gasteiger partial charge on any atom is 0.390 e. The molecule has 1 heterocycles. The number of hydrogen-bond acceptors (Lipinski definition) is 3. The van der Waals surface area contributed by atoms with Crippen LogP contribution in [-0.4, -0.2) is 34.7 Å². The Morgan fingerprint density at radius 1 is 1.35 bits per heavy atom. The summed E-state index contributed by atoms with van der Waals surface area (Å²) in [6.45, 7) is -0.320. The van der Waals surface area contributed by atoms with E-state index in [9.17, 15) is 18.0 Å². The lowest BCUT2D eigenvalue weighted by molar-refractivity contribution is -0.137. The van der Waals surface area contributed by atoms with Gasteiger partial charge in [-0.25, -0.2) is 0 Å². The van der Waals surface area contributed by atoms with Gasteiger partial charge in [-0.15, -0.1) is 0 Å². The molecule has 1 saturated carbocycles. The third-order valence-electron chi connectivity index (χ3n) is 3.57. The van der Waals surface area contributed by atoms with Gasteiger partial charge in [-0.05, 0) is 12.8 Å². The first-order valence-electron chi connectivity index (χ1n) is 6.75. The molecule has 1 aromatic rings. The van der Waals surface area contributed by atoms with E-state index in [0.29, 0.717) is 0 Å². The SMILES string of the molecule is O=C(c1ccon1)N(CCC(F)(F)F)C1CCCCC1. The Hall–Kier alpha value is -1.53. The van der Waals surface area contributed by atoms with Crippen molar-refractivity contribution in [2.45, 2.75) is 50.7 Å². The molecule has 1 aliphatic rings. The van der Waals surface area contributed by atoms with Crippen LogP contribution < -0.4 is 0 Å². The monoisotopic (exact) mass is 290 g/mol. The highest BCUT2D eigenvalue weighted by molar-refractivity contribution is 5.92. The molecule has 0 unspecified atom stereocenters. The maximum absolute atomic E-state index is 12.4. The Labute approximate surface area is 114 Å². The number of rotatable bonds is 4. The largest absolute Gasteiger partial charge is 0.390 e. The minimum absolute atomic E-state index is 0.0674. The standard InChI is InChI=1S/C13H17F3N2O2/c14-13(15,16)7-8-18(10-4-2-1-3-5-10)12(19)11-6-9-20-17-11/h6,9-10H,1-5,7-8H2. The Morgan fingerprint density at radius 3 is 2.60 bits per heavy atom. The molecule has 2 rings (SSSR count). The zero-order valence-corrected chi connectivity index (χ0v) is 11.0. The molecular weight excluding hydrogens is 273 g/mol. The third-order valence-corrected chi connectivity index (χ3v) is 3.57. The number of carbonyl (C=O) groups excluding carboxylic acids is 1. The van der Waals surface area contributed by atoms with Gasteiger partial charge in [0.15, 0.2) is 5.69 Å². The van der Waals surface area contributed by atoms with Crippen LogP contribution in [0.2, 0.25) is 0 Å². The highest BCUT2D eigenvalue weighted by Gasteiger charge is 2.33. The van der Waals surface area contributed by atoms with Crippen molar-refractivity contribution in [2.24, 2.45) is 0 Å². The third kappa shape index (κ3) is 3.98. The van der Waals surface area contributed by atoms with E-state index in [1.54, 1.807) is 0 Å². The van der Waals surface area contributed by atoms with Crippen molar-refractivity contribution in [3.63, 3.8) is 0 Å². The summed E-state index contributed by atoms with van der Waals surface area (Å²) < 4.78 is 41.8. The number of alkyl halides is 3. The van der Waals surface area contributed by atoms with Crippen LogP contribution in [0.15, 0.2) is 16.9 Å². The van der Waals surface area contributed by atoms with Gasteiger partial charge in [-0.3, -0.25) is 4.79 Å². The highest BCUT2D eigenvalue weighted by Crippen LogP contribution is 2.26. The minimum atomic E-state index is -4.27. The summed E-state index contributed by atoms with van der Waals surface area (Å²) in [5.74, 6) is -0.477. The van der Waals surface area contributed by atoms with E-state index in [1.165, 1.54) is 17.2 Å². The van der Waals surface area contributed by atoms with E-state index in [0.717, 1.165) is 32.1 Å². The smallest absolute Gasteiger partial charge is 0.364 e. The normalized spacial score (nSPS) is 17.1. The Morgan fingerprint density at radius 2 is 2.05 bits per heavy atom. The fourth-order valence-corrected chi connectivity index (χ4v) is 2.56. The molecule has 7 heteroatoms. The zero-order chi connectivity index (χ0) is 14.6. The molecule has 1 amide bonds. The Bertz CT molecular complexity index is 425. The summed E-state index contributed by atoms with van der Waals surface area (Å²) in [6, 6.07) is 1.25. The molecule has 0 bridgehead atoms. The van der Waals surface area contributed by atoms with E-state index in [-0.39, 0.29) is 18.3 Å². The van der Waals surface area contributed by atoms with Gasteiger partial charge >= 0.3 is 6.18 Å². The van der Waals surface area contributed by atoms with Crippen molar-refractivity contribution in [1.29, 1.82) is 0 Å². The fraction of sp³-hybridized carbons (Fsp3) is 0.692. The first-order chi connectivity index (χ1) is 9.47. The number of amides is 1. The van der Waals surface area contributed by atoms with Crippen LogP contribution in [0.3, 0.4) is 0 Å². The van der Waals surface area contributed by atoms with E-state index >= 15 is 0 Å².